The van der Waals surface area contributed by atoms with Crippen LogP contribution < -0.4 is 14.2 Å². The van der Waals surface area contributed by atoms with Gasteiger partial charge in [0, 0.05) is 12.6 Å². The van der Waals surface area contributed by atoms with Gasteiger partial charge in [-0.1, -0.05) is 6.42 Å². The van der Waals surface area contributed by atoms with Crippen molar-refractivity contribution in [1.82, 2.24) is 4.90 Å². The van der Waals surface area contributed by atoms with Crippen LogP contribution in [0.2, 0.25) is 0 Å². The minimum absolute atomic E-state index is 0.260. The van der Waals surface area contributed by atoms with E-state index in [1.54, 1.807) is 6.07 Å². The number of ether oxygens (including phenoxy) is 3. The molecule has 3 rings (SSSR count). The first kappa shape index (κ1) is 13.5. The van der Waals surface area contributed by atoms with Gasteiger partial charge in [-0.3, -0.25) is 0 Å². The molecule has 5 nitrogen and oxygen atoms in total. The molecule has 1 saturated heterocycles. The number of hydrogen-bond donors (Lipinski definition) is 1. The molecule has 0 bridgehead atoms. The number of rotatable bonds is 5. The fourth-order valence-corrected chi connectivity index (χ4v) is 2.65. The van der Waals surface area contributed by atoms with E-state index in [1.165, 1.54) is 19.3 Å². The van der Waals surface area contributed by atoms with Crippen molar-refractivity contribution in [2.24, 2.45) is 0 Å². The third-order valence-corrected chi connectivity index (χ3v) is 3.70. The highest BCUT2D eigenvalue weighted by Gasteiger charge is 2.16. The number of piperidine rings is 1. The number of nitrogens with zero attached hydrogens (tertiary/aromatic N) is 1. The van der Waals surface area contributed by atoms with Gasteiger partial charge in [-0.2, -0.15) is 0 Å². The predicted molar refractivity (Wildman–Crippen MR) is 74.4 cm³/mol. The second kappa shape index (κ2) is 6.33. The molecule has 1 aromatic carbocycles. The molecule has 0 saturated carbocycles. The van der Waals surface area contributed by atoms with E-state index in [4.69, 9.17) is 14.2 Å². The van der Waals surface area contributed by atoms with Crippen LogP contribution in [0.15, 0.2) is 18.2 Å². The summed E-state index contributed by atoms with van der Waals surface area (Å²) in [6, 6.07) is 5.46. The Morgan fingerprint density at radius 3 is 2.80 bits per heavy atom. The minimum Gasteiger partial charge on any atom is -0.491 e. The van der Waals surface area contributed by atoms with Crippen molar-refractivity contribution in [2.75, 3.05) is 33.0 Å². The van der Waals surface area contributed by atoms with Crippen LogP contribution in [-0.2, 0) is 0 Å². The second-order valence-corrected chi connectivity index (χ2v) is 5.34. The summed E-state index contributed by atoms with van der Waals surface area (Å²) in [6.45, 7) is 3.42. The SMILES string of the molecule is O[C@H](COc1ccc2c(c1)OCO2)CN1CCCCC1. The zero-order chi connectivity index (χ0) is 13.8. The molecular formula is C15H21NO4. The number of aliphatic hydroxyl groups is 1. The monoisotopic (exact) mass is 279 g/mol. The normalized spacial score (nSPS) is 19.9. The first-order chi connectivity index (χ1) is 9.81. The Labute approximate surface area is 119 Å². The van der Waals surface area contributed by atoms with E-state index in [9.17, 15) is 5.11 Å². The number of β-amino-alcohol motifs (C(OH)–C–C–N with tert-alkyl or cyclic N) is 1. The van der Waals surface area contributed by atoms with Crippen LogP contribution in [-0.4, -0.2) is 49.1 Å². The van der Waals surface area contributed by atoms with Crippen molar-refractivity contribution >= 4 is 0 Å². The van der Waals surface area contributed by atoms with Crippen molar-refractivity contribution in [2.45, 2.75) is 25.4 Å². The molecule has 0 spiro atoms. The van der Waals surface area contributed by atoms with Gasteiger partial charge >= 0.3 is 0 Å². The Kier molecular flexibility index (Phi) is 4.28. The average molecular weight is 279 g/mol. The molecular weight excluding hydrogens is 258 g/mol. The number of fused-ring (bicyclic) bond motifs is 1. The van der Waals surface area contributed by atoms with Crippen molar-refractivity contribution in [1.29, 1.82) is 0 Å². The van der Waals surface area contributed by atoms with E-state index < -0.39 is 6.10 Å². The summed E-state index contributed by atoms with van der Waals surface area (Å²) >= 11 is 0. The van der Waals surface area contributed by atoms with E-state index in [0.717, 1.165) is 18.8 Å². The molecule has 1 atom stereocenters. The Morgan fingerprint density at radius 1 is 1.15 bits per heavy atom. The topological polar surface area (TPSA) is 51.2 Å². The lowest BCUT2D eigenvalue weighted by molar-refractivity contribution is 0.0616. The summed E-state index contributed by atoms with van der Waals surface area (Å²) in [7, 11) is 0. The van der Waals surface area contributed by atoms with E-state index >= 15 is 0 Å². The zero-order valence-electron chi connectivity index (χ0n) is 11.6. The van der Waals surface area contributed by atoms with Crippen LogP contribution in [0.25, 0.3) is 0 Å². The standard InChI is InChI=1S/C15H21NO4/c17-12(9-16-6-2-1-3-7-16)10-18-13-4-5-14-15(8-13)20-11-19-14/h4-5,8,12,17H,1-3,6-7,9-11H2/t12-/m0/s1. The van der Waals surface area contributed by atoms with E-state index in [0.29, 0.717) is 24.7 Å². The number of benzene rings is 1. The molecule has 0 radical (unpaired) electrons. The van der Waals surface area contributed by atoms with Crippen molar-refractivity contribution in [3.05, 3.63) is 18.2 Å². The largest absolute Gasteiger partial charge is 0.491 e. The summed E-state index contributed by atoms with van der Waals surface area (Å²) < 4.78 is 16.2. The lowest BCUT2D eigenvalue weighted by atomic mass is 10.1. The van der Waals surface area contributed by atoms with E-state index in [-0.39, 0.29) is 6.79 Å². The molecule has 5 heteroatoms. The molecule has 0 aromatic heterocycles. The molecule has 0 unspecified atom stereocenters. The van der Waals surface area contributed by atoms with Gasteiger partial charge in [0.1, 0.15) is 18.5 Å². The van der Waals surface area contributed by atoms with Crippen LogP contribution in [0, 0.1) is 0 Å². The maximum Gasteiger partial charge on any atom is 0.231 e. The fourth-order valence-electron chi connectivity index (χ4n) is 2.65. The lowest BCUT2D eigenvalue weighted by Crippen LogP contribution is -2.38. The molecule has 2 aliphatic rings. The minimum atomic E-state index is -0.460. The highest BCUT2D eigenvalue weighted by atomic mass is 16.7. The van der Waals surface area contributed by atoms with Gasteiger partial charge in [0.15, 0.2) is 11.5 Å². The average Bonchev–Trinajstić information content (AvgIpc) is 2.93. The first-order valence-corrected chi connectivity index (χ1v) is 7.24. The Hall–Kier alpha value is -1.46. The smallest absolute Gasteiger partial charge is 0.231 e. The van der Waals surface area contributed by atoms with Crippen LogP contribution in [0.3, 0.4) is 0 Å². The fraction of sp³-hybridized carbons (Fsp3) is 0.600. The van der Waals surface area contributed by atoms with Crippen LogP contribution in [0.4, 0.5) is 0 Å². The number of hydrogen-bond acceptors (Lipinski definition) is 5. The second-order valence-electron chi connectivity index (χ2n) is 5.34. The summed E-state index contributed by atoms with van der Waals surface area (Å²) in [5, 5.41) is 10.0. The first-order valence-electron chi connectivity index (χ1n) is 7.24. The van der Waals surface area contributed by atoms with E-state index in [2.05, 4.69) is 4.90 Å². The van der Waals surface area contributed by atoms with E-state index in [1.807, 2.05) is 12.1 Å². The third kappa shape index (κ3) is 3.35. The van der Waals surface area contributed by atoms with Gasteiger partial charge in [-0.05, 0) is 38.1 Å². The predicted octanol–water partition coefficient (Wildman–Crippen LogP) is 1.64. The third-order valence-electron chi connectivity index (χ3n) is 3.70. The highest BCUT2D eigenvalue weighted by Crippen LogP contribution is 2.35. The van der Waals surface area contributed by atoms with Crippen molar-refractivity contribution in [3.63, 3.8) is 0 Å². The summed E-state index contributed by atoms with van der Waals surface area (Å²) in [5.74, 6) is 2.14. The van der Waals surface area contributed by atoms with Crippen LogP contribution in [0.1, 0.15) is 19.3 Å². The maximum absolute atomic E-state index is 10.0. The van der Waals surface area contributed by atoms with Gasteiger partial charge in [0.25, 0.3) is 0 Å². The zero-order valence-corrected chi connectivity index (χ0v) is 11.6. The molecule has 2 aliphatic heterocycles. The molecule has 0 aliphatic carbocycles. The van der Waals surface area contributed by atoms with Crippen molar-refractivity contribution < 1.29 is 19.3 Å². The van der Waals surface area contributed by atoms with Crippen LogP contribution in [0.5, 0.6) is 17.2 Å². The summed E-state index contributed by atoms with van der Waals surface area (Å²) in [5.41, 5.74) is 0. The summed E-state index contributed by atoms with van der Waals surface area (Å²) in [4.78, 5) is 2.30. The number of aliphatic hydroxyl groups excluding tert-OH is 1. The molecule has 20 heavy (non-hydrogen) atoms. The molecule has 110 valence electrons. The Balaban J connectivity index is 1.46. The van der Waals surface area contributed by atoms with Crippen molar-refractivity contribution in [3.8, 4) is 17.2 Å². The number of likely N-dealkylation sites (tertiary alicyclic amines) is 1. The quantitative estimate of drug-likeness (QED) is 0.888. The maximum atomic E-state index is 10.0. The highest BCUT2D eigenvalue weighted by molar-refractivity contribution is 5.46. The Bertz CT molecular complexity index is 445. The van der Waals surface area contributed by atoms with Gasteiger partial charge in [0.05, 0.1) is 0 Å². The van der Waals surface area contributed by atoms with Gasteiger partial charge < -0.3 is 24.2 Å². The molecule has 1 N–H and O–H groups in total. The van der Waals surface area contributed by atoms with Gasteiger partial charge in [0.2, 0.25) is 6.79 Å². The molecule has 2 heterocycles. The summed E-state index contributed by atoms with van der Waals surface area (Å²) in [6.07, 6.45) is 3.31. The molecule has 0 amide bonds. The lowest BCUT2D eigenvalue weighted by Gasteiger charge is -2.28. The molecule has 1 fully saturated rings. The molecule has 1 aromatic rings. The van der Waals surface area contributed by atoms with Gasteiger partial charge in [-0.25, -0.2) is 0 Å². The van der Waals surface area contributed by atoms with Crippen LogP contribution >= 0.6 is 0 Å². The van der Waals surface area contributed by atoms with Gasteiger partial charge in [-0.15, -0.1) is 0 Å². The Morgan fingerprint density at radius 2 is 1.95 bits per heavy atom.